The van der Waals surface area contributed by atoms with Gasteiger partial charge in [-0.3, -0.25) is 0 Å². The molecule has 4 aliphatic rings. The Balaban J connectivity index is 1.49. The number of carbonyl (C=O) groups excluding carboxylic acids is 1. The molecule has 3 aliphatic heterocycles. The normalized spacial score (nSPS) is 24.9. The van der Waals surface area contributed by atoms with E-state index >= 15 is 4.39 Å². The summed E-state index contributed by atoms with van der Waals surface area (Å²) in [6, 6.07) is 1.78. The van der Waals surface area contributed by atoms with E-state index in [1.807, 2.05) is 4.90 Å². The molecule has 2 saturated heterocycles. The minimum atomic E-state index is -0.786. The Labute approximate surface area is 174 Å². The van der Waals surface area contributed by atoms with Gasteiger partial charge in [0, 0.05) is 30.6 Å². The molecule has 5 rings (SSSR count). The van der Waals surface area contributed by atoms with Crippen molar-refractivity contribution < 1.29 is 23.4 Å². The van der Waals surface area contributed by atoms with Gasteiger partial charge in [0.25, 0.3) is 0 Å². The smallest absolute Gasteiger partial charge is 0.335 e. The number of carbonyl (C=O) groups is 1. The van der Waals surface area contributed by atoms with Gasteiger partial charge in [0.1, 0.15) is 5.82 Å². The highest BCUT2D eigenvalue weighted by molar-refractivity contribution is 5.97. The van der Waals surface area contributed by atoms with Crippen molar-refractivity contribution in [2.24, 2.45) is 11.7 Å². The standard InChI is InChI=1S/C21H27FN4O4/c1-2-28-20(27)14-7-13-8-17(22)19(24-18(13)26(10-14)16-3-4-16)25-11-15(9-23)21(12-25)29-5-6-30-21/h7-8,15-16H,2-6,9-12,23H2,1H3. The summed E-state index contributed by atoms with van der Waals surface area (Å²) in [6.07, 6.45) is 3.77. The number of halogens is 1. The van der Waals surface area contributed by atoms with Crippen LogP contribution in [0.3, 0.4) is 0 Å². The highest BCUT2D eigenvalue weighted by atomic mass is 19.1. The van der Waals surface area contributed by atoms with Gasteiger partial charge in [0.2, 0.25) is 0 Å². The molecule has 0 radical (unpaired) electrons. The molecule has 1 aromatic heterocycles. The van der Waals surface area contributed by atoms with Crippen LogP contribution in [0.1, 0.15) is 25.3 Å². The number of anilines is 2. The van der Waals surface area contributed by atoms with Crippen LogP contribution in [0.25, 0.3) is 6.08 Å². The second kappa shape index (κ2) is 7.47. The number of rotatable bonds is 5. The number of aromatic nitrogens is 1. The zero-order valence-corrected chi connectivity index (χ0v) is 17.1. The van der Waals surface area contributed by atoms with Crippen LogP contribution in [0.5, 0.6) is 0 Å². The van der Waals surface area contributed by atoms with Crippen LogP contribution in [0.2, 0.25) is 0 Å². The van der Waals surface area contributed by atoms with Gasteiger partial charge in [-0.1, -0.05) is 0 Å². The van der Waals surface area contributed by atoms with E-state index in [0.29, 0.717) is 69.0 Å². The van der Waals surface area contributed by atoms with E-state index in [-0.39, 0.29) is 17.7 Å². The molecule has 0 amide bonds. The van der Waals surface area contributed by atoms with E-state index in [1.165, 1.54) is 6.07 Å². The third-order valence-electron chi connectivity index (χ3n) is 6.27. The zero-order valence-electron chi connectivity index (χ0n) is 17.1. The van der Waals surface area contributed by atoms with Crippen LogP contribution in [0.15, 0.2) is 11.6 Å². The monoisotopic (exact) mass is 418 g/mol. The lowest BCUT2D eigenvalue weighted by molar-refractivity contribution is -0.166. The predicted molar refractivity (Wildman–Crippen MR) is 109 cm³/mol. The van der Waals surface area contributed by atoms with Gasteiger partial charge < -0.3 is 29.7 Å². The van der Waals surface area contributed by atoms with Crippen molar-refractivity contribution in [2.45, 2.75) is 31.6 Å². The van der Waals surface area contributed by atoms with Gasteiger partial charge in [0.05, 0.1) is 38.5 Å². The van der Waals surface area contributed by atoms with E-state index in [0.717, 1.165) is 12.8 Å². The number of pyridine rings is 1. The van der Waals surface area contributed by atoms with E-state index in [2.05, 4.69) is 4.90 Å². The Bertz CT molecular complexity index is 882. The van der Waals surface area contributed by atoms with Crippen LogP contribution < -0.4 is 15.5 Å². The molecular weight excluding hydrogens is 391 g/mol. The van der Waals surface area contributed by atoms with Crippen LogP contribution >= 0.6 is 0 Å². The largest absolute Gasteiger partial charge is 0.463 e. The van der Waals surface area contributed by atoms with E-state index in [9.17, 15) is 4.79 Å². The Hall–Kier alpha value is -2.23. The van der Waals surface area contributed by atoms with Crippen molar-refractivity contribution in [1.29, 1.82) is 0 Å². The van der Waals surface area contributed by atoms with Gasteiger partial charge in [0.15, 0.2) is 17.4 Å². The van der Waals surface area contributed by atoms with E-state index < -0.39 is 11.6 Å². The first-order valence-corrected chi connectivity index (χ1v) is 10.6. The lowest BCUT2D eigenvalue weighted by Crippen LogP contribution is -2.42. The first kappa shape index (κ1) is 19.7. The Morgan fingerprint density at radius 2 is 2.13 bits per heavy atom. The summed E-state index contributed by atoms with van der Waals surface area (Å²) in [4.78, 5) is 21.0. The predicted octanol–water partition coefficient (Wildman–Crippen LogP) is 1.29. The number of nitrogens with zero attached hydrogens (tertiary/aromatic N) is 3. The Morgan fingerprint density at radius 3 is 2.80 bits per heavy atom. The maximum Gasteiger partial charge on any atom is 0.335 e. The SMILES string of the molecule is CCOC(=O)C1=Cc2cc(F)c(N3CC(CN)C4(C3)OCCO4)nc2N(C2CC2)C1. The molecule has 1 atom stereocenters. The van der Waals surface area contributed by atoms with Crippen LogP contribution in [0, 0.1) is 11.7 Å². The van der Waals surface area contributed by atoms with E-state index in [4.69, 9.17) is 24.9 Å². The highest BCUT2D eigenvalue weighted by Gasteiger charge is 2.51. The molecule has 4 heterocycles. The fraction of sp³-hybridized carbons (Fsp3) is 0.619. The number of fused-ring (bicyclic) bond motifs is 1. The summed E-state index contributed by atoms with van der Waals surface area (Å²) in [6.45, 7) is 4.84. The average Bonchev–Trinajstić information content (AvgIpc) is 3.38. The van der Waals surface area contributed by atoms with Crippen molar-refractivity contribution in [3.63, 3.8) is 0 Å². The first-order chi connectivity index (χ1) is 14.5. The van der Waals surface area contributed by atoms with Gasteiger partial charge in [-0.05, 0) is 31.9 Å². The third-order valence-corrected chi connectivity index (χ3v) is 6.27. The topological polar surface area (TPSA) is 90.2 Å². The summed E-state index contributed by atoms with van der Waals surface area (Å²) >= 11 is 0. The maximum atomic E-state index is 15.2. The van der Waals surface area contributed by atoms with Crippen molar-refractivity contribution in [2.75, 3.05) is 55.8 Å². The average molecular weight is 418 g/mol. The number of nitrogens with two attached hydrogens (primary N) is 1. The second-order valence-corrected chi connectivity index (χ2v) is 8.28. The molecule has 1 saturated carbocycles. The van der Waals surface area contributed by atoms with Crippen molar-refractivity contribution in [3.8, 4) is 0 Å². The molecule has 1 spiro atoms. The molecule has 3 fully saturated rings. The number of esters is 1. The second-order valence-electron chi connectivity index (χ2n) is 8.28. The van der Waals surface area contributed by atoms with Gasteiger partial charge >= 0.3 is 5.97 Å². The molecule has 1 aliphatic carbocycles. The van der Waals surface area contributed by atoms with Crippen LogP contribution in [0.4, 0.5) is 16.0 Å². The molecule has 8 nitrogen and oxygen atoms in total. The summed E-state index contributed by atoms with van der Waals surface area (Å²) < 4.78 is 32.1. The molecule has 162 valence electrons. The molecule has 30 heavy (non-hydrogen) atoms. The molecule has 9 heteroatoms. The Kier molecular flexibility index (Phi) is 4.91. The third kappa shape index (κ3) is 3.25. The van der Waals surface area contributed by atoms with Crippen molar-refractivity contribution in [3.05, 3.63) is 23.0 Å². The number of hydrogen-bond donors (Lipinski definition) is 1. The van der Waals surface area contributed by atoms with E-state index in [1.54, 1.807) is 13.0 Å². The van der Waals surface area contributed by atoms with Crippen LogP contribution in [-0.2, 0) is 19.0 Å². The number of hydrogen-bond acceptors (Lipinski definition) is 8. The lowest BCUT2D eigenvalue weighted by Gasteiger charge is -2.31. The zero-order chi connectivity index (χ0) is 20.9. The minimum absolute atomic E-state index is 0.0490. The number of ether oxygens (including phenoxy) is 3. The molecule has 0 aromatic carbocycles. The summed E-state index contributed by atoms with van der Waals surface area (Å²) in [7, 11) is 0. The fourth-order valence-corrected chi connectivity index (χ4v) is 4.65. The maximum absolute atomic E-state index is 15.2. The quantitative estimate of drug-likeness (QED) is 0.716. The highest BCUT2D eigenvalue weighted by Crippen LogP contribution is 2.41. The summed E-state index contributed by atoms with van der Waals surface area (Å²) in [5, 5.41) is 0. The van der Waals surface area contributed by atoms with Crippen LogP contribution in [-0.4, -0.2) is 68.8 Å². The molecule has 1 unspecified atom stereocenters. The Morgan fingerprint density at radius 1 is 1.37 bits per heavy atom. The van der Waals surface area contributed by atoms with Gasteiger partial charge in [-0.15, -0.1) is 0 Å². The fourth-order valence-electron chi connectivity index (χ4n) is 4.65. The summed E-state index contributed by atoms with van der Waals surface area (Å²) in [5.74, 6) is -0.640. The molecule has 1 aromatic rings. The van der Waals surface area contributed by atoms with Crippen molar-refractivity contribution in [1.82, 2.24) is 4.98 Å². The van der Waals surface area contributed by atoms with Crippen molar-refractivity contribution >= 4 is 23.7 Å². The first-order valence-electron chi connectivity index (χ1n) is 10.6. The molecule has 2 N–H and O–H groups in total. The molecule has 0 bridgehead atoms. The minimum Gasteiger partial charge on any atom is -0.463 e. The van der Waals surface area contributed by atoms with Gasteiger partial charge in [-0.2, -0.15) is 0 Å². The van der Waals surface area contributed by atoms with Gasteiger partial charge in [-0.25, -0.2) is 14.2 Å². The lowest BCUT2D eigenvalue weighted by atomic mass is 10.0. The summed E-state index contributed by atoms with van der Waals surface area (Å²) in [5.41, 5.74) is 7.09. The molecular formula is C21H27FN4O4.